The molecule has 1 aromatic carbocycles. The van der Waals surface area contributed by atoms with Gasteiger partial charge in [-0.05, 0) is 43.8 Å². The lowest BCUT2D eigenvalue weighted by Crippen LogP contribution is -2.30. The smallest absolute Gasteiger partial charge is 0.123 e. The predicted octanol–water partition coefficient (Wildman–Crippen LogP) is 3.11. The van der Waals surface area contributed by atoms with Crippen LogP contribution in [0.25, 0.3) is 11.3 Å². The van der Waals surface area contributed by atoms with E-state index in [4.69, 9.17) is 0 Å². The van der Waals surface area contributed by atoms with E-state index >= 15 is 0 Å². The van der Waals surface area contributed by atoms with Gasteiger partial charge in [0.05, 0.1) is 12.2 Å². The van der Waals surface area contributed by atoms with E-state index in [1.54, 1.807) is 12.1 Å². The molecule has 0 aliphatic heterocycles. The summed E-state index contributed by atoms with van der Waals surface area (Å²) in [5.41, 5.74) is 1.81. The standard InChI is InChI=1S/C14H18FN3.ClH/c1-3-16-11(2)10-18-9-8-14(17-18)12-4-6-13(15)7-5-12;/h4-9,11,16H,3,10H2,1-2H3;1H/t11-;/m0./s1. The monoisotopic (exact) mass is 283 g/mol. The maximum atomic E-state index is 12.8. The number of benzene rings is 1. The maximum absolute atomic E-state index is 12.8. The van der Waals surface area contributed by atoms with Crippen molar-refractivity contribution >= 4 is 12.4 Å². The van der Waals surface area contributed by atoms with Crippen LogP contribution < -0.4 is 5.32 Å². The molecule has 0 saturated heterocycles. The Balaban J connectivity index is 0.00000180. The van der Waals surface area contributed by atoms with Crippen LogP contribution in [0.1, 0.15) is 13.8 Å². The summed E-state index contributed by atoms with van der Waals surface area (Å²) in [6.45, 7) is 5.99. The second kappa shape index (κ2) is 7.26. The number of hydrogen-bond donors (Lipinski definition) is 1. The summed E-state index contributed by atoms with van der Waals surface area (Å²) >= 11 is 0. The Labute approximate surface area is 119 Å². The highest BCUT2D eigenvalue weighted by atomic mass is 35.5. The molecule has 104 valence electrons. The Morgan fingerprint density at radius 1 is 1.26 bits per heavy atom. The number of nitrogens with zero attached hydrogens (tertiary/aromatic N) is 2. The number of nitrogens with one attached hydrogen (secondary N) is 1. The van der Waals surface area contributed by atoms with E-state index in [2.05, 4.69) is 24.3 Å². The molecule has 0 saturated carbocycles. The average molecular weight is 284 g/mol. The molecule has 2 rings (SSSR count). The lowest BCUT2D eigenvalue weighted by molar-refractivity contribution is 0.462. The molecule has 2 aromatic rings. The van der Waals surface area contributed by atoms with Crippen LogP contribution in [-0.2, 0) is 6.54 Å². The summed E-state index contributed by atoms with van der Waals surface area (Å²) in [6.07, 6.45) is 1.95. The van der Waals surface area contributed by atoms with Gasteiger partial charge in [0.2, 0.25) is 0 Å². The van der Waals surface area contributed by atoms with Gasteiger partial charge in [0.25, 0.3) is 0 Å². The first-order chi connectivity index (χ1) is 8.69. The van der Waals surface area contributed by atoms with Crippen LogP contribution >= 0.6 is 12.4 Å². The Morgan fingerprint density at radius 2 is 1.95 bits per heavy atom. The Hall–Kier alpha value is -1.39. The van der Waals surface area contributed by atoms with E-state index in [0.717, 1.165) is 24.3 Å². The molecule has 1 aromatic heterocycles. The fourth-order valence-electron chi connectivity index (χ4n) is 1.93. The van der Waals surface area contributed by atoms with Crippen molar-refractivity contribution in [3.63, 3.8) is 0 Å². The highest BCUT2D eigenvalue weighted by molar-refractivity contribution is 5.85. The number of halogens is 2. The second-order valence-corrected chi connectivity index (χ2v) is 4.39. The van der Waals surface area contributed by atoms with E-state index in [0.29, 0.717) is 6.04 Å². The van der Waals surface area contributed by atoms with Crippen molar-refractivity contribution in [1.82, 2.24) is 15.1 Å². The summed E-state index contributed by atoms with van der Waals surface area (Å²) in [7, 11) is 0. The molecule has 0 aliphatic rings. The van der Waals surface area contributed by atoms with Crippen LogP contribution in [0, 0.1) is 5.82 Å². The molecule has 1 atom stereocenters. The van der Waals surface area contributed by atoms with E-state index in [-0.39, 0.29) is 18.2 Å². The molecule has 0 radical (unpaired) electrons. The largest absolute Gasteiger partial charge is 0.313 e. The summed E-state index contributed by atoms with van der Waals surface area (Å²) in [5, 5.41) is 7.83. The van der Waals surface area contributed by atoms with Crippen molar-refractivity contribution in [2.45, 2.75) is 26.4 Å². The molecule has 0 fully saturated rings. The highest BCUT2D eigenvalue weighted by Gasteiger charge is 2.05. The summed E-state index contributed by atoms with van der Waals surface area (Å²) in [4.78, 5) is 0. The van der Waals surface area contributed by atoms with Gasteiger partial charge >= 0.3 is 0 Å². The molecule has 1 N–H and O–H groups in total. The first kappa shape index (κ1) is 15.7. The van der Waals surface area contributed by atoms with E-state index in [1.165, 1.54) is 12.1 Å². The van der Waals surface area contributed by atoms with Crippen LogP contribution in [0.15, 0.2) is 36.5 Å². The van der Waals surface area contributed by atoms with Crippen LogP contribution in [0.5, 0.6) is 0 Å². The van der Waals surface area contributed by atoms with E-state index in [9.17, 15) is 4.39 Å². The van der Waals surface area contributed by atoms with Crippen molar-refractivity contribution in [1.29, 1.82) is 0 Å². The number of rotatable bonds is 5. The molecular formula is C14H19ClFN3. The quantitative estimate of drug-likeness (QED) is 0.914. The molecule has 0 spiro atoms. The molecule has 0 unspecified atom stereocenters. The number of likely N-dealkylation sites (N-methyl/N-ethyl adjacent to an activating group) is 1. The molecular weight excluding hydrogens is 265 g/mol. The maximum Gasteiger partial charge on any atom is 0.123 e. The fourth-order valence-corrected chi connectivity index (χ4v) is 1.93. The fraction of sp³-hybridized carbons (Fsp3) is 0.357. The number of aromatic nitrogens is 2. The summed E-state index contributed by atoms with van der Waals surface area (Å²) in [5.74, 6) is -0.223. The van der Waals surface area contributed by atoms with Crippen LogP contribution in [0.2, 0.25) is 0 Å². The first-order valence-electron chi connectivity index (χ1n) is 6.22. The SMILES string of the molecule is CCN[C@@H](C)Cn1ccc(-c2ccc(F)cc2)n1.Cl. The first-order valence-corrected chi connectivity index (χ1v) is 6.22. The van der Waals surface area contributed by atoms with Gasteiger partial charge in [-0.3, -0.25) is 4.68 Å². The second-order valence-electron chi connectivity index (χ2n) is 4.39. The minimum atomic E-state index is -0.223. The minimum absolute atomic E-state index is 0. The zero-order valence-electron chi connectivity index (χ0n) is 11.1. The third-order valence-corrected chi connectivity index (χ3v) is 2.79. The summed E-state index contributed by atoms with van der Waals surface area (Å²) in [6, 6.07) is 8.73. The van der Waals surface area contributed by atoms with Gasteiger partial charge in [-0.1, -0.05) is 6.92 Å². The molecule has 0 aliphatic carbocycles. The number of hydrogen-bond acceptors (Lipinski definition) is 2. The van der Waals surface area contributed by atoms with Gasteiger partial charge < -0.3 is 5.32 Å². The van der Waals surface area contributed by atoms with Gasteiger partial charge in [0.1, 0.15) is 5.82 Å². The van der Waals surface area contributed by atoms with Crippen molar-refractivity contribution in [3.8, 4) is 11.3 Å². The van der Waals surface area contributed by atoms with Crippen molar-refractivity contribution in [2.24, 2.45) is 0 Å². The zero-order chi connectivity index (χ0) is 13.0. The van der Waals surface area contributed by atoms with Gasteiger partial charge in [0, 0.05) is 17.8 Å². The zero-order valence-corrected chi connectivity index (χ0v) is 12.0. The third kappa shape index (κ3) is 4.33. The van der Waals surface area contributed by atoms with Gasteiger partial charge in [-0.15, -0.1) is 12.4 Å². The molecule has 3 nitrogen and oxygen atoms in total. The predicted molar refractivity (Wildman–Crippen MR) is 78.0 cm³/mol. The normalized spacial score (nSPS) is 11.9. The molecule has 19 heavy (non-hydrogen) atoms. The van der Waals surface area contributed by atoms with Crippen LogP contribution in [-0.4, -0.2) is 22.4 Å². The lowest BCUT2D eigenvalue weighted by atomic mass is 10.1. The topological polar surface area (TPSA) is 29.9 Å². The molecule has 5 heteroatoms. The Kier molecular flexibility index (Phi) is 5.99. The lowest BCUT2D eigenvalue weighted by Gasteiger charge is -2.11. The van der Waals surface area contributed by atoms with Crippen molar-refractivity contribution < 1.29 is 4.39 Å². The average Bonchev–Trinajstić information content (AvgIpc) is 2.78. The summed E-state index contributed by atoms with van der Waals surface area (Å²) < 4.78 is 14.7. The van der Waals surface area contributed by atoms with Gasteiger partial charge in [-0.25, -0.2) is 4.39 Å². The van der Waals surface area contributed by atoms with Crippen LogP contribution in [0.3, 0.4) is 0 Å². The van der Waals surface area contributed by atoms with Gasteiger partial charge in [-0.2, -0.15) is 5.10 Å². The van der Waals surface area contributed by atoms with Crippen LogP contribution in [0.4, 0.5) is 4.39 Å². The van der Waals surface area contributed by atoms with Gasteiger partial charge in [0.15, 0.2) is 0 Å². The highest BCUT2D eigenvalue weighted by Crippen LogP contribution is 2.17. The molecule has 0 bridgehead atoms. The molecule has 0 amide bonds. The third-order valence-electron chi connectivity index (χ3n) is 2.79. The minimum Gasteiger partial charge on any atom is -0.313 e. The molecule has 1 heterocycles. The Morgan fingerprint density at radius 3 is 2.58 bits per heavy atom. The van der Waals surface area contributed by atoms with E-state index < -0.39 is 0 Å². The van der Waals surface area contributed by atoms with Crippen molar-refractivity contribution in [2.75, 3.05) is 6.54 Å². The van der Waals surface area contributed by atoms with Crippen molar-refractivity contribution in [3.05, 3.63) is 42.3 Å². The Bertz CT molecular complexity index is 496. The van der Waals surface area contributed by atoms with E-state index in [1.807, 2.05) is 16.9 Å².